The Balaban J connectivity index is 1.61. The number of rotatable bonds is 2. The third-order valence-electron chi connectivity index (χ3n) is 4.22. The zero-order valence-electron chi connectivity index (χ0n) is 12.7. The molecular weight excluding hydrogens is 314 g/mol. The van der Waals surface area contributed by atoms with Crippen molar-refractivity contribution in [1.29, 1.82) is 0 Å². The molecule has 3 aromatic carbocycles. The predicted molar refractivity (Wildman–Crippen MR) is 100 cm³/mol. The molecule has 2 aromatic heterocycles. The minimum Gasteiger partial charge on any atom is -0.277 e. The molecule has 0 radical (unpaired) electrons. The van der Waals surface area contributed by atoms with Gasteiger partial charge in [-0.3, -0.25) is 5.10 Å². The predicted octanol–water partition coefficient (Wildman–Crippen LogP) is 5.51. The van der Waals surface area contributed by atoms with Crippen LogP contribution in [0.1, 0.15) is 0 Å². The summed E-state index contributed by atoms with van der Waals surface area (Å²) in [4.78, 5) is 4.82. The monoisotopic (exact) mass is 327 g/mol. The molecule has 0 unspecified atom stereocenters. The van der Waals surface area contributed by atoms with Crippen LogP contribution in [0.3, 0.4) is 0 Å². The van der Waals surface area contributed by atoms with E-state index in [2.05, 4.69) is 64.1 Å². The van der Waals surface area contributed by atoms with Crippen molar-refractivity contribution in [3.63, 3.8) is 0 Å². The maximum Gasteiger partial charge on any atom is 0.145 e. The van der Waals surface area contributed by atoms with Crippen LogP contribution in [0.2, 0.25) is 0 Å². The lowest BCUT2D eigenvalue weighted by Crippen LogP contribution is -1.81. The van der Waals surface area contributed by atoms with Crippen molar-refractivity contribution in [2.45, 2.75) is 0 Å². The number of nitrogens with zero attached hydrogens (tertiary/aromatic N) is 2. The molecule has 0 spiro atoms. The Bertz CT molecular complexity index is 1170. The third kappa shape index (κ3) is 2.12. The van der Waals surface area contributed by atoms with Crippen LogP contribution in [0.25, 0.3) is 43.6 Å². The largest absolute Gasteiger partial charge is 0.277 e. The number of benzene rings is 3. The molecule has 3 nitrogen and oxygen atoms in total. The third-order valence-corrected chi connectivity index (χ3v) is 5.07. The van der Waals surface area contributed by atoms with Crippen LogP contribution in [-0.2, 0) is 0 Å². The molecule has 5 aromatic rings. The van der Waals surface area contributed by atoms with Crippen molar-refractivity contribution >= 4 is 33.0 Å². The second-order valence-electron chi connectivity index (χ2n) is 5.72. The molecule has 0 aliphatic rings. The smallest absolute Gasteiger partial charge is 0.145 e. The van der Waals surface area contributed by atoms with E-state index in [-0.39, 0.29) is 0 Å². The van der Waals surface area contributed by atoms with E-state index in [4.69, 9.17) is 4.98 Å². The average molecular weight is 327 g/mol. The highest BCUT2D eigenvalue weighted by molar-refractivity contribution is 7.13. The van der Waals surface area contributed by atoms with Crippen LogP contribution in [0.15, 0.2) is 72.1 Å². The maximum atomic E-state index is 4.82. The van der Waals surface area contributed by atoms with Crippen molar-refractivity contribution in [1.82, 2.24) is 15.2 Å². The van der Waals surface area contributed by atoms with E-state index in [1.165, 1.54) is 10.8 Å². The molecule has 0 saturated carbocycles. The summed E-state index contributed by atoms with van der Waals surface area (Å²) in [5.74, 6) is 0. The Morgan fingerprint density at radius 3 is 2.62 bits per heavy atom. The number of nitrogens with one attached hydrogen (secondary N) is 1. The summed E-state index contributed by atoms with van der Waals surface area (Å²) in [6, 6.07) is 23.0. The van der Waals surface area contributed by atoms with Gasteiger partial charge in [-0.15, -0.1) is 11.3 Å². The number of H-pyrrole nitrogens is 1. The van der Waals surface area contributed by atoms with Crippen LogP contribution >= 0.6 is 11.3 Å². The highest BCUT2D eigenvalue weighted by Gasteiger charge is 2.12. The molecule has 5 rings (SSSR count). The van der Waals surface area contributed by atoms with Gasteiger partial charge in [-0.05, 0) is 22.9 Å². The van der Waals surface area contributed by atoms with Gasteiger partial charge in [0.2, 0.25) is 0 Å². The summed E-state index contributed by atoms with van der Waals surface area (Å²) < 4.78 is 0. The van der Waals surface area contributed by atoms with E-state index >= 15 is 0 Å². The number of aromatic nitrogens is 3. The van der Waals surface area contributed by atoms with E-state index in [1.807, 2.05) is 18.2 Å². The van der Waals surface area contributed by atoms with Gasteiger partial charge in [-0.25, -0.2) is 4.98 Å². The second kappa shape index (κ2) is 5.28. The van der Waals surface area contributed by atoms with Crippen LogP contribution in [0.4, 0.5) is 0 Å². The second-order valence-corrected chi connectivity index (χ2v) is 6.58. The number of fused-ring (bicyclic) bond motifs is 2. The fraction of sp³-hybridized carbons (Fsp3) is 0. The van der Waals surface area contributed by atoms with Gasteiger partial charge in [-0.1, -0.05) is 54.6 Å². The van der Waals surface area contributed by atoms with Crippen LogP contribution < -0.4 is 0 Å². The molecule has 24 heavy (non-hydrogen) atoms. The normalized spacial score (nSPS) is 11.3. The molecule has 1 N–H and O–H groups in total. The van der Waals surface area contributed by atoms with Gasteiger partial charge in [0.15, 0.2) is 0 Å². The summed E-state index contributed by atoms with van der Waals surface area (Å²) >= 11 is 1.63. The Kier molecular flexibility index (Phi) is 2.96. The van der Waals surface area contributed by atoms with Crippen LogP contribution in [0, 0.1) is 0 Å². The van der Waals surface area contributed by atoms with Crippen molar-refractivity contribution in [2.24, 2.45) is 0 Å². The molecule has 0 fully saturated rings. The van der Waals surface area contributed by atoms with Crippen molar-refractivity contribution in [3.8, 4) is 22.0 Å². The Morgan fingerprint density at radius 1 is 0.833 bits per heavy atom. The molecule has 0 aliphatic carbocycles. The van der Waals surface area contributed by atoms with Crippen molar-refractivity contribution in [3.05, 3.63) is 72.1 Å². The lowest BCUT2D eigenvalue weighted by atomic mass is 10.1. The Morgan fingerprint density at radius 2 is 1.67 bits per heavy atom. The molecule has 0 bridgehead atoms. The Labute approximate surface area is 142 Å². The number of aromatic amines is 1. The zero-order valence-corrected chi connectivity index (χ0v) is 13.5. The number of hydrogen-bond acceptors (Lipinski definition) is 3. The highest BCUT2D eigenvalue weighted by atomic mass is 32.1. The fourth-order valence-electron chi connectivity index (χ4n) is 2.99. The minimum absolute atomic E-state index is 0.919. The van der Waals surface area contributed by atoms with E-state index in [1.54, 1.807) is 11.3 Å². The Hall–Kier alpha value is -2.98. The van der Waals surface area contributed by atoms with E-state index in [0.717, 1.165) is 32.9 Å². The molecular formula is C20H13N3S. The standard InChI is InChI=1S/C20H13N3S/c1-2-6-14-11-15(10-9-13(14)5-1)18-12-24-20(21-18)19-16-7-3-4-8-17(16)22-23-19/h1-12H,(H,22,23). The number of hydrogen-bond donors (Lipinski definition) is 1. The van der Waals surface area contributed by atoms with E-state index in [9.17, 15) is 0 Å². The van der Waals surface area contributed by atoms with Gasteiger partial charge in [0.1, 0.15) is 10.7 Å². The van der Waals surface area contributed by atoms with Crippen LogP contribution in [-0.4, -0.2) is 15.2 Å². The first kappa shape index (κ1) is 13.5. The first-order valence-corrected chi connectivity index (χ1v) is 8.65. The number of thiazole rings is 1. The molecule has 114 valence electrons. The minimum atomic E-state index is 0.919. The average Bonchev–Trinajstić information content (AvgIpc) is 3.28. The molecule has 0 atom stereocenters. The molecule has 0 aliphatic heterocycles. The lowest BCUT2D eigenvalue weighted by Gasteiger charge is -2.00. The lowest BCUT2D eigenvalue weighted by molar-refractivity contribution is 1.12. The highest BCUT2D eigenvalue weighted by Crippen LogP contribution is 2.32. The first-order chi connectivity index (χ1) is 11.9. The van der Waals surface area contributed by atoms with Crippen molar-refractivity contribution in [2.75, 3.05) is 0 Å². The van der Waals surface area contributed by atoms with Crippen LogP contribution in [0.5, 0.6) is 0 Å². The van der Waals surface area contributed by atoms with Gasteiger partial charge in [0.05, 0.1) is 11.2 Å². The SMILES string of the molecule is c1ccc2cc(-c3csc(-c4n[nH]c5ccccc45)n3)ccc2c1. The van der Waals surface area contributed by atoms with E-state index in [0.29, 0.717) is 0 Å². The topological polar surface area (TPSA) is 41.6 Å². The molecule has 0 amide bonds. The van der Waals surface area contributed by atoms with Gasteiger partial charge in [0.25, 0.3) is 0 Å². The van der Waals surface area contributed by atoms with Gasteiger partial charge in [-0.2, -0.15) is 5.10 Å². The van der Waals surface area contributed by atoms with Gasteiger partial charge in [0, 0.05) is 16.3 Å². The van der Waals surface area contributed by atoms with Crippen molar-refractivity contribution < 1.29 is 0 Å². The maximum absolute atomic E-state index is 4.82. The quantitative estimate of drug-likeness (QED) is 0.465. The zero-order chi connectivity index (χ0) is 15.9. The fourth-order valence-corrected chi connectivity index (χ4v) is 3.82. The summed E-state index contributed by atoms with van der Waals surface area (Å²) in [7, 11) is 0. The van der Waals surface area contributed by atoms with Gasteiger partial charge < -0.3 is 0 Å². The summed E-state index contributed by atoms with van der Waals surface area (Å²) in [5, 5.41) is 14.1. The van der Waals surface area contributed by atoms with E-state index < -0.39 is 0 Å². The molecule has 4 heteroatoms. The summed E-state index contributed by atoms with van der Waals surface area (Å²) in [6.07, 6.45) is 0. The molecule has 2 heterocycles. The van der Waals surface area contributed by atoms with Gasteiger partial charge >= 0.3 is 0 Å². The summed E-state index contributed by atoms with van der Waals surface area (Å²) in [5.41, 5.74) is 4.08. The first-order valence-electron chi connectivity index (χ1n) is 7.77. The number of para-hydroxylation sites is 1. The summed E-state index contributed by atoms with van der Waals surface area (Å²) in [6.45, 7) is 0. The molecule has 0 saturated heterocycles.